The van der Waals surface area contributed by atoms with Crippen LogP contribution in [0.1, 0.15) is 22.3 Å². The summed E-state index contributed by atoms with van der Waals surface area (Å²) in [5.41, 5.74) is 17.7. The molecule has 0 atom stereocenters. The van der Waals surface area contributed by atoms with Gasteiger partial charge < -0.3 is 4.57 Å². The third kappa shape index (κ3) is 5.67. The van der Waals surface area contributed by atoms with Gasteiger partial charge in [-0.25, -0.2) is 9.97 Å². The summed E-state index contributed by atoms with van der Waals surface area (Å²) in [5.74, 6) is 0.680. The van der Waals surface area contributed by atoms with Crippen molar-refractivity contribution in [2.75, 3.05) is 0 Å². The normalized spacial score (nSPS) is 12.6. The quantitative estimate of drug-likeness (QED) is 0.161. The van der Waals surface area contributed by atoms with Crippen molar-refractivity contribution in [3.05, 3.63) is 259 Å². The molecule has 0 spiro atoms. The Balaban J connectivity index is 1.06. The van der Waals surface area contributed by atoms with Gasteiger partial charge in [0.05, 0.1) is 27.8 Å². The molecule has 3 nitrogen and oxygen atoms in total. The SMILES string of the molecule is c1ccc(-c2ccc(-c3cc(-c4ccccc4)nc(-c4cccc(-n5c6ccccc6c6cc7c(cc65)C(c5ccccc5)(c5ccccc5)c5ccccc5-7)c4)n3)cc2)cc1. The molecule has 0 saturated heterocycles. The van der Waals surface area contributed by atoms with Crippen LogP contribution in [0.4, 0.5) is 0 Å². The van der Waals surface area contributed by atoms with Gasteiger partial charge in [-0.15, -0.1) is 0 Å². The number of rotatable bonds is 7. The highest BCUT2D eigenvalue weighted by Gasteiger charge is 2.46. The average Bonchev–Trinajstić information content (AvgIpc) is 3.84. The van der Waals surface area contributed by atoms with Crippen LogP contribution in [0.25, 0.3) is 83.6 Å². The molecule has 62 heavy (non-hydrogen) atoms. The molecule has 2 heterocycles. The van der Waals surface area contributed by atoms with Gasteiger partial charge in [-0.3, -0.25) is 0 Å². The van der Waals surface area contributed by atoms with Crippen molar-refractivity contribution < 1.29 is 0 Å². The zero-order valence-corrected chi connectivity index (χ0v) is 33.9. The van der Waals surface area contributed by atoms with Gasteiger partial charge in [0, 0.05) is 33.2 Å². The number of hydrogen-bond acceptors (Lipinski definition) is 2. The van der Waals surface area contributed by atoms with E-state index in [1.54, 1.807) is 0 Å². The van der Waals surface area contributed by atoms with Crippen molar-refractivity contribution in [1.82, 2.24) is 14.5 Å². The molecule has 11 aromatic rings. The van der Waals surface area contributed by atoms with E-state index in [9.17, 15) is 0 Å². The van der Waals surface area contributed by atoms with Gasteiger partial charge >= 0.3 is 0 Å². The largest absolute Gasteiger partial charge is 0.309 e. The second-order valence-electron chi connectivity index (χ2n) is 16.1. The van der Waals surface area contributed by atoms with Crippen LogP contribution in [0.15, 0.2) is 237 Å². The molecular formula is C59H39N3. The molecule has 12 rings (SSSR count). The topological polar surface area (TPSA) is 30.7 Å². The maximum absolute atomic E-state index is 5.28. The van der Waals surface area contributed by atoms with Crippen LogP contribution in [0.2, 0.25) is 0 Å². The third-order valence-corrected chi connectivity index (χ3v) is 12.7. The fraction of sp³-hybridized carbons (Fsp3) is 0.0169. The summed E-state index contributed by atoms with van der Waals surface area (Å²) in [4.78, 5) is 10.5. The lowest BCUT2D eigenvalue weighted by molar-refractivity contribution is 0.769. The Morgan fingerprint density at radius 2 is 0.855 bits per heavy atom. The first-order chi connectivity index (χ1) is 30.7. The second kappa shape index (κ2) is 14.5. The van der Waals surface area contributed by atoms with Crippen LogP contribution in [0, 0.1) is 0 Å². The van der Waals surface area contributed by atoms with Crippen molar-refractivity contribution in [3.63, 3.8) is 0 Å². The molecule has 290 valence electrons. The molecule has 1 aliphatic rings. The number of aromatic nitrogens is 3. The highest BCUT2D eigenvalue weighted by Crippen LogP contribution is 2.57. The molecule has 1 aliphatic carbocycles. The molecule has 0 fully saturated rings. The van der Waals surface area contributed by atoms with Gasteiger partial charge in [-0.1, -0.05) is 200 Å². The van der Waals surface area contributed by atoms with Crippen LogP contribution in [0.3, 0.4) is 0 Å². The minimum atomic E-state index is -0.507. The minimum absolute atomic E-state index is 0.507. The van der Waals surface area contributed by atoms with E-state index >= 15 is 0 Å². The van der Waals surface area contributed by atoms with E-state index in [1.165, 1.54) is 55.3 Å². The summed E-state index contributed by atoms with van der Waals surface area (Å²) in [6, 6.07) is 85.2. The van der Waals surface area contributed by atoms with Crippen LogP contribution in [-0.4, -0.2) is 14.5 Å². The van der Waals surface area contributed by atoms with Gasteiger partial charge in [-0.05, 0) is 80.9 Å². The molecule has 0 saturated carbocycles. The molecule has 0 unspecified atom stereocenters. The number of nitrogens with zero attached hydrogens (tertiary/aromatic N) is 3. The molecule has 0 amide bonds. The Morgan fingerprint density at radius 1 is 0.323 bits per heavy atom. The van der Waals surface area contributed by atoms with Crippen molar-refractivity contribution in [3.8, 4) is 61.8 Å². The van der Waals surface area contributed by atoms with Crippen molar-refractivity contribution >= 4 is 21.8 Å². The molecule has 0 N–H and O–H groups in total. The standard InChI is InChI=1S/C59H39N3/c1-5-18-40(19-6-1)41-32-34-43(35-33-41)55-39-54(42-20-7-2-8-21-42)60-58(61-55)44-22-17-27-47(36-44)62-56-31-16-14-29-49(56)51-37-50-48-28-13-15-30-52(48)59(53(50)38-57(51)62,45-23-9-3-10-24-45)46-25-11-4-12-26-46/h1-39H. The van der Waals surface area contributed by atoms with E-state index in [2.05, 4.69) is 235 Å². The fourth-order valence-electron chi connectivity index (χ4n) is 9.91. The summed E-state index contributed by atoms with van der Waals surface area (Å²) in [6.45, 7) is 0. The van der Waals surface area contributed by atoms with Crippen LogP contribution >= 0.6 is 0 Å². The first kappa shape index (κ1) is 35.8. The summed E-state index contributed by atoms with van der Waals surface area (Å²) >= 11 is 0. The number of hydrogen-bond donors (Lipinski definition) is 0. The monoisotopic (exact) mass is 789 g/mol. The maximum Gasteiger partial charge on any atom is 0.160 e. The third-order valence-electron chi connectivity index (χ3n) is 12.7. The molecule has 9 aromatic carbocycles. The molecular weight excluding hydrogens is 751 g/mol. The highest BCUT2D eigenvalue weighted by molar-refractivity contribution is 6.12. The van der Waals surface area contributed by atoms with Crippen LogP contribution in [0.5, 0.6) is 0 Å². The van der Waals surface area contributed by atoms with Crippen LogP contribution < -0.4 is 0 Å². The summed E-state index contributed by atoms with van der Waals surface area (Å²) in [5, 5.41) is 2.44. The van der Waals surface area contributed by atoms with E-state index in [0.29, 0.717) is 5.82 Å². The van der Waals surface area contributed by atoms with Crippen molar-refractivity contribution in [1.29, 1.82) is 0 Å². The molecule has 3 heteroatoms. The minimum Gasteiger partial charge on any atom is -0.309 e. The van der Waals surface area contributed by atoms with Gasteiger partial charge in [0.15, 0.2) is 5.82 Å². The molecule has 0 bridgehead atoms. The van der Waals surface area contributed by atoms with Crippen molar-refractivity contribution in [2.24, 2.45) is 0 Å². The van der Waals surface area contributed by atoms with E-state index in [1.807, 2.05) is 6.07 Å². The predicted octanol–water partition coefficient (Wildman–Crippen LogP) is 14.6. The molecule has 0 aliphatic heterocycles. The number of benzene rings is 9. The highest BCUT2D eigenvalue weighted by atomic mass is 15.0. The van der Waals surface area contributed by atoms with E-state index in [4.69, 9.17) is 9.97 Å². The smallest absolute Gasteiger partial charge is 0.160 e. The predicted molar refractivity (Wildman–Crippen MR) is 255 cm³/mol. The van der Waals surface area contributed by atoms with Gasteiger partial charge in [0.1, 0.15) is 0 Å². The number of fused-ring (bicyclic) bond motifs is 6. The van der Waals surface area contributed by atoms with Crippen molar-refractivity contribution in [2.45, 2.75) is 5.41 Å². The first-order valence-electron chi connectivity index (χ1n) is 21.2. The van der Waals surface area contributed by atoms with Gasteiger partial charge in [0.25, 0.3) is 0 Å². The second-order valence-corrected chi connectivity index (χ2v) is 16.1. The molecule has 2 aromatic heterocycles. The lowest BCUT2D eigenvalue weighted by Gasteiger charge is -2.34. The Kier molecular flexibility index (Phi) is 8.39. The summed E-state index contributed by atoms with van der Waals surface area (Å²) in [7, 11) is 0. The number of para-hydroxylation sites is 1. The summed E-state index contributed by atoms with van der Waals surface area (Å²) < 4.78 is 2.43. The Bertz CT molecular complexity index is 3390. The maximum atomic E-state index is 5.28. The lowest BCUT2D eigenvalue weighted by atomic mass is 9.67. The van der Waals surface area contributed by atoms with E-state index in [-0.39, 0.29) is 0 Å². The Hall–Kier alpha value is -8.14. The van der Waals surface area contributed by atoms with Gasteiger partial charge in [0.2, 0.25) is 0 Å². The van der Waals surface area contributed by atoms with E-state index in [0.717, 1.165) is 44.8 Å². The Morgan fingerprint density at radius 3 is 1.55 bits per heavy atom. The first-order valence-corrected chi connectivity index (χ1v) is 21.2. The lowest BCUT2D eigenvalue weighted by Crippen LogP contribution is -2.28. The Labute approximate surface area is 360 Å². The van der Waals surface area contributed by atoms with Crippen LogP contribution in [-0.2, 0) is 5.41 Å². The zero-order chi connectivity index (χ0) is 41.0. The van der Waals surface area contributed by atoms with E-state index < -0.39 is 5.41 Å². The average molecular weight is 790 g/mol. The summed E-state index contributed by atoms with van der Waals surface area (Å²) in [6.07, 6.45) is 0. The zero-order valence-electron chi connectivity index (χ0n) is 33.9. The van der Waals surface area contributed by atoms with Gasteiger partial charge in [-0.2, -0.15) is 0 Å². The fourth-order valence-corrected chi connectivity index (χ4v) is 9.91. The molecule has 0 radical (unpaired) electrons.